The van der Waals surface area contributed by atoms with Crippen molar-refractivity contribution >= 4 is 186 Å². The molecule has 26 heteroatoms. The van der Waals surface area contributed by atoms with Crippen molar-refractivity contribution in [1.29, 1.82) is 0 Å². The van der Waals surface area contributed by atoms with Gasteiger partial charge in [0, 0.05) is 175 Å². The molecule has 0 spiro atoms. The van der Waals surface area contributed by atoms with Gasteiger partial charge in [-0.15, -0.1) is 0 Å². The van der Waals surface area contributed by atoms with Crippen molar-refractivity contribution in [2.75, 3.05) is 39.3 Å². The number of benzene rings is 12. The summed E-state index contributed by atoms with van der Waals surface area (Å²) in [6, 6.07) is 73.4. The zero-order valence-electron chi connectivity index (χ0n) is 67.4. The van der Waals surface area contributed by atoms with Crippen LogP contribution >= 0.6 is 117 Å². The number of hydrogen-bond donors (Lipinski definition) is 4. The summed E-state index contributed by atoms with van der Waals surface area (Å²) >= 11 is 43.0. The van der Waals surface area contributed by atoms with Crippen molar-refractivity contribution in [2.24, 2.45) is 20.0 Å². The van der Waals surface area contributed by atoms with Crippen molar-refractivity contribution in [3.63, 3.8) is 0 Å². The maximum absolute atomic E-state index is 14.1. The Morgan fingerprint density at radius 2 is 0.565 bits per heavy atom. The molecule has 2 saturated heterocycles. The number of carbonyl (C=O) groups excluding carboxylic acids is 4. The van der Waals surface area contributed by atoms with E-state index in [0.29, 0.717) is 76.9 Å². The first-order valence-corrected chi connectivity index (χ1v) is 46.3. The van der Waals surface area contributed by atoms with Crippen molar-refractivity contribution < 1.29 is 28.0 Å². The molecule has 0 saturated carbocycles. The lowest BCUT2D eigenvalue weighted by Crippen LogP contribution is -2.45. The Bertz CT molecular complexity index is 5780. The molecule has 4 amide bonds. The lowest BCUT2D eigenvalue weighted by molar-refractivity contribution is 0.0743. The molecule has 14 nitrogen and oxygen atoms in total. The zero-order valence-corrected chi connectivity index (χ0v) is 75.2. The van der Waals surface area contributed by atoms with Gasteiger partial charge in [0.15, 0.2) is 0 Å². The van der Waals surface area contributed by atoms with Gasteiger partial charge in [-0.2, -0.15) is 0 Å². The largest absolute Gasteiger partial charge is 0.352 e. The first kappa shape index (κ1) is 89.0. The summed E-state index contributed by atoms with van der Waals surface area (Å²) in [5, 5.41) is 13.8. The first-order valence-electron chi connectivity index (χ1n) is 40.8. The molecule has 2 fully saturated rings. The predicted octanol–water partition coefficient (Wildman–Crippen LogP) is 26.8. The molecule has 6 aliphatic rings. The second kappa shape index (κ2) is 41.9. The van der Waals surface area contributed by atoms with Crippen LogP contribution in [0.15, 0.2) is 302 Å². The molecule has 0 aliphatic carbocycles. The van der Waals surface area contributed by atoms with Gasteiger partial charge in [0.25, 0.3) is 23.6 Å². The van der Waals surface area contributed by atoms with Gasteiger partial charge in [-0.1, -0.05) is 217 Å². The van der Waals surface area contributed by atoms with Crippen LogP contribution in [0.3, 0.4) is 0 Å². The summed E-state index contributed by atoms with van der Waals surface area (Å²) < 4.78 is 28.0. The van der Waals surface area contributed by atoms with Crippen LogP contribution in [0.25, 0.3) is 0 Å². The molecule has 6 heterocycles. The van der Waals surface area contributed by atoms with E-state index in [2.05, 4.69) is 35.3 Å². The number of amides is 4. The van der Waals surface area contributed by atoms with Crippen molar-refractivity contribution in [1.82, 2.24) is 31.5 Å². The zero-order chi connectivity index (χ0) is 86.3. The Balaban J connectivity index is 0.000000128. The highest BCUT2D eigenvalue weighted by Gasteiger charge is 2.28. The summed E-state index contributed by atoms with van der Waals surface area (Å²) in [6.07, 6.45) is 10.8. The Hall–Kier alpha value is -9.88. The third-order valence-electron chi connectivity index (χ3n) is 20.8. The molecule has 0 bridgehead atoms. The number of carbonyl (C=O) groups is 4. The van der Waals surface area contributed by atoms with E-state index >= 15 is 0 Å². The van der Waals surface area contributed by atoms with Crippen LogP contribution in [-0.4, -0.2) is 95.8 Å². The number of hydrazine groups is 2. The lowest BCUT2D eigenvalue weighted by atomic mass is 10.0. The molecule has 0 unspecified atom stereocenters. The van der Waals surface area contributed by atoms with Crippen LogP contribution in [0, 0.1) is 11.6 Å². The number of fused-ring (bicyclic) bond motifs is 8. The van der Waals surface area contributed by atoms with Gasteiger partial charge in [0.05, 0.1) is 45.6 Å². The first-order chi connectivity index (χ1) is 60.2. The van der Waals surface area contributed by atoms with E-state index in [4.69, 9.17) is 89.6 Å². The van der Waals surface area contributed by atoms with Gasteiger partial charge in [0.2, 0.25) is 0 Å². The molecular weight excluding hydrogens is 1760 g/mol. The second-order valence-corrected chi connectivity index (χ2v) is 36.7. The van der Waals surface area contributed by atoms with E-state index in [-0.39, 0.29) is 35.3 Å². The SMILES string of the molecule is CCCCNC(=O)c1ccc2c(c1)N=C(c1ccc(Cl)cc1)c1ccc(Cl)cc1S2.CCCCNC(=O)c1ccc2c(c1)N=C(c1ccc(Cl)cc1)c1ccc(F)cc1S2.O=C(NN1CCCCC1)c1ccc2c(c1)N=C(c1ccc(Cl)cc1)c1ccc(Cl)cc1S2.O=C(NN1CCCCC1)c1ccc2c(c1)N=C(c1ccc(Cl)cc1)c1ccc(F)cc1S2. The molecule has 124 heavy (non-hydrogen) atoms. The fourth-order valence-corrected chi connectivity index (χ4v) is 19.5. The fourth-order valence-electron chi connectivity index (χ4n) is 14.3. The van der Waals surface area contributed by atoms with Crippen LogP contribution in [0.1, 0.15) is 164 Å². The number of nitrogens with one attached hydrogen (secondary N) is 4. The molecule has 12 aromatic carbocycles. The van der Waals surface area contributed by atoms with Crippen LogP contribution in [-0.2, 0) is 0 Å². The second-order valence-electron chi connectivity index (χ2n) is 29.8. The summed E-state index contributed by atoms with van der Waals surface area (Å²) in [7, 11) is 0. The van der Waals surface area contributed by atoms with Crippen molar-refractivity contribution in [3.8, 4) is 0 Å². The standard InChI is InChI=1S/C25H21Cl2N3OS.C25H21ClFN3OS.C24H20Cl2N2OS.C24H20ClFN2OS/c2*26-18-7-4-16(5-8-18)24-20-10-9-19(27)15-23(20)32-22-11-6-17(14-21(22)28-24)25(31)29-30-12-2-1-3-13-30;2*1-2-3-12-27-24(29)16-6-11-21-20(13-16)28-23(15-4-7-17(25)8-5-15)19-10-9-18(26)14-22(19)30-21/h2*4-11,14-15H,1-3,12-13H2,(H,29,31);2*4-11,13-14H,2-3,12H2,1H3,(H,27,29). The van der Waals surface area contributed by atoms with E-state index in [1.54, 1.807) is 72.1 Å². The minimum absolute atomic E-state index is 0.0794. The smallest absolute Gasteiger partial charge is 0.265 e. The summed E-state index contributed by atoms with van der Waals surface area (Å²) in [6.45, 7) is 9.01. The van der Waals surface area contributed by atoms with E-state index in [1.165, 1.54) is 60.6 Å². The molecule has 0 radical (unpaired) electrons. The molecule has 0 aromatic heterocycles. The third-order valence-corrected chi connectivity index (χ3v) is 26.8. The number of aliphatic imine (C=N–C) groups is 4. The van der Waals surface area contributed by atoms with E-state index in [1.807, 2.05) is 180 Å². The quantitative estimate of drug-likeness (QED) is 0.0682. The number of unbranched alkanes of at least 4 members (excludes halogenated alkanes) is 2. The highest BCUT2D eigenvalue weighted by atomic mass is 35.5. The maximum Gasteiger partial charge on any atom is 0.265 e. The highest BCUT2D eigenvalue weighted by molar-refractivity contribution is 8.00. The Labute approximate surface area is 766 Å². The van der Waals surface area contributed by atoms with E-state index < -0.39 is 0 Å². The maximum atomic E-state index is 14.1. The predicted molar refractivity (Wildman–Crippen MR) is 505 cm³/mol. The van der Waals surface area contributed by atoms with Crippen molar-refractivity contribution in [3.05, 3.63) is 351 Å². The minimum Gasteiger partial charge on any atom is -0.352 e. The van der Waals surface area contributed by atoms with Gasteiger partial charge in [0.1, 0.15) is 11.6 Å². The Kier molecular flexibility index (Phi) is 30.1. The number of halogens is 8. The Morgan fingerprint density at radius 3 is 0.847 bits per heavy atom. The van der Waals surface area contributed by atoms with Crippen LogP contribution in [0.2, 0.25) is 30.1 Å². The van der Waals surface area contributed by atoms with Gasteiger partial charge in [-0.25, -0.2) is 38.8 Å². The minimum atomic E-state index is -0.299. The van der Waals surface area contributed by atoms with E-state index in [0.717, 1.165) is 195 Å². The van der Waals surface area contributed by atoms with E-state index in [9.17, 15) is 28.0 Å². The fraction of sp³-hybridized carbons (Fsp3) is 0.184. The molecule has 0 atom stereocenters. The van der Waals surface area contributed by atoms with Crippen LogP contribution < -0.4 is 21.5 Å². The van der Waals surface area contributed by atoms with Crippen LogP contribution in [0.4, 0.5) is 31.5 Å². The van der Waals surface area contributed by atoms with Gasteiger partial charge >= 0.3 is 0 Å². The molecule has 628 valence electrons. The van der Waals surface area contributed by atoms with Crippen LogP contribution in [0.5, 0.6) is 0 Å². The summed E-state index contributed by atoms with van der Waals surface area (Å²) in [4.78, 5) is 78.0. The Morgan fingerprint density at radius 1 is 0.306 bits per heavy atom. The third kappa shape index (κ3) is 22.5. The number of piperidine rings is 2. The topological polar surface area (TPSA) is 172 Å². The molecule has 18 rings (SSSR count). The van der Waals surface area contributed by atoms with Gasteiger partial charge in [-0.05, 0) is 221 Å². The number of hydrogen-bond acceptors (Lipinski definition) is 14. The number of nitrogens with zero attached hydrogens (tertiary/aromatic N) is 6. The lowest BCUT2D eigenvalue weighted by Gasteiger charge is -2.26. The number of rotatable bonds is 16. The summed E-state index contributed by atoms with van der Waals surface area (Å²) in [5.74, 6) is -1.04. The summed E-state index contributed by atoms with van der Waals surface area (Å²) in [5.41, 5.74) is 21.7. The van der Waals surface area contributed by atoms with Crippen molar-refractivity contribution in [2.45, 2.75) is 117 Å². The van der Waals surface area contributed by atoms with Gasteiger partial charge < -0.3 is 10.6 Å². The monoisotopic (exact) mass is 1840 g/mol. The van der Waals surface area contributed by atoms with Gasteiger partial charge in [-0.3, -0.25) is 30.0 Å². The highest BCUT2D eigenvalue weighted by Crippen LogP contribution is 2.48. The average molecular weight is 1840 g/mol. The molecular formula is C98H82Cl6F2N10O4S4. The molecule has 6 aliphatic heterocycles. The average Bonchev–Trinajstić information content (AvgIpc) is 1.65. The molecule has 4 N–H and O–H groups in total. The normalized spacial score (nSPS) is 14.2. The molecule has 12 aromatic rings.